The Bertz CT molecular complexity index is 701. The molecule has 0 saturated carbocycles. The van der Waals surface area contributed by atoms with E-state index >= 15 is 0 Å². The highest BCUT2D eigenvalue weighted by Gasteiger charge is 2.25. The summed E-state index contributed by atoms with van der Waals surface area (Å²) in [4.78, 5) is 31.5. The van der Waals surface area contributed by atoms with Crippen LogP contribution in [-0.4, -0.2) is 45.1 Å². The Morgan fingerprint density at radius 1 is 1.33 bits per heavy atom. The molecule has 110 valence electrons. The van der Waals surface area contributed by atoms with Crippen molar-refractivity contribution in [3.63, 3.8) is 0 Å². The van der Waals surface area contributed by atoms with Crippen LogP contribution in [-0.2, 0) is 0 Å². The normalized spacial score (nSPS) is 16.3. The average molecular weight is 288 g/mol. The number of carboxylic acid groups (broad SMARTS) is 1. The van der Waals surface area contributed by atoms with Crippen molar-refractivity contribution in [1.29, 1.82) is 0 Å². The Labute approximate surface area is 120 Å². The number of rotatable bonds is 2. The molecule has 2 aromatic rings. The molecule has 7 nitrogen and oxygen atoms in total. The van der Waals surface area contributed by atoms with Gasteiger partial charge in [0.2, 0.25) is 0 Å². The topological polar surface area (TPSA) is 112 Å². The number of carbonyl (C=O) groups excluding carboxylic acids is 1. The van der Waals surface area contributed by atoms with Crippen LogP contribution in [0.4, 0.5) is 4.79 Å². The Hall–Kier alpha value is -2.57. The van der Waals surface area contributed by atoms with E-state index in [1.165, 1.54) is 4.90 Å². The van der Waals surface area contributed by atoms with E-state index in [2.05, 4.69) is 9.97 Å². The third kappa shape index (κ3) is 2.42. The lowest BCUT2D eigenvalue weighted by atomic mass is 9.96. The molecular weight excluding hydrogens is 272 g/mol. The summed E-state index contributed by atoms with van der Waals surface area (Å²) in [5.41, 5.74) is 7.12. The molecule has 0 aliphatic carbocycles. The number of aromatic amines is 1. The van der Waals surface area contributed by atoms with E-state index in [-0.39, 0.29) is 5.92 Å². The maximum Gasteiger partial charge on any atom is 0.407 e. The predicted octanol–water partition coefficient (Wildman–Crippen LogP) is 1.52. The monoisotopic (exact) mass is 288 g/mol. The van der Waals surface area contributed by atoms with Crippen molar-refractivity contribution < 1.29 is 14.7 Å². The molecule has 1 fully saturated rings. The summed E-state index contributed by atoms with van der Waals surface area (Å²) in [6.07, 6.45) is 0.560. The maximum atomic E-state index is 11.4. The molecule has 0 radical (unpaired) electrons. The molecule has 0 bridgehead atoms. The number of hydrogen-bond donors (Lipinski definition) is 3. The minimum atomic E-state index is -0.880. The number of amides is 2. The number of imidazole rings is 1. The molecule has 0 atom stereocenters. The van der Waals surface area contributed by atoms with Crippen LogP contribution in [0.5, 0.6) is 0 Å². The summed E-state index contributed by atoms with van der Waals surface area (Å²) < 4.78 is 0. The van der Waals surface area contributed by atoms with Crippen LogP contribution >= 0.6 is 0 Å². The SMILES string of the molecule is NC(=O)c1cccc2[nH]c(C3CCN(C(=O)O)CC3)nc12. The van der Waals surface area contributed by atoms with Gasteiger partial charge in [-0.2, -0.15) is 0 Å². The molecule has 4 N–H and O–H groups in total. The van der Waals surface area contributed by atoms with Gasteiger partial charge in [0.25, 0.3) is 5.91 Å². The van der Waals surface area contributed by atoms with Gasteiger partial charge in [-0.3, -0.25) is 4.79 Å². The molecule has 0 spiro atoms. The van der Waals surface area contributed by atoms with Crippen LogP contribution in [0, 0.1) is 0 Å². The zero-order valence-electron chi connectivity index (χ0n) is 11.4. The van der Waals surface area contributed by atoms with Crippen molar-refractivity contribution in [3.8, 4) is 0 Å². The van der Waals surface area contributed by atoms with Gasteiger partial charge in [0.1, 0.15) is 11.3 Å². The second-order valence-electron chi connectivity index (χ2n) is 5.23. The van der Waals surface area contributed by atoms with Gasteiger partial charge in [0.15, 0.2) is 0 Å². The van der Waals surface area contributed by atoms with Crippen molar-refractivity contribution >= 4 is 23.0 Å². The Morgan fingerprint density at radius 2 is 2.05 bits per heavy atom. The van der Waals surface area contributed by atoms with E-state index in [1.54, 1.807) is 12.1 Å². The van der Waals surface area contributed by atoms with Gasteiger partial charge in [-0.25, -0.2) is 9.78 Å². The van der Waals surface area contributed by atoms with Crippen LogP contribution < -0.4 is 5.73 Å². The fourth-order valence-electron chi connectivity index (χ4n) is 2.79. The van der Waals surface area contributed by atoms with Crippen molar-refractivity contribution in [1.82, 2.24) is 14.9 Å². The van der Waals surface area contributed by atoms with E-state index < -0.39 is 12.0 Å². The van der Waals surface area contributed by atoms with Gasteiger partial charge in [-0.1, -0.05) is 6.07 Å². The summed E-state index contributed by atoms with van der Waals surface area (Å²) in [6, 6.07) is 5.27. The molecule has 3 rings (SSSR count). The first-order valence-electron chi connectivity index (χ1n) is 6.82. The van der Waals surface area contributed by atoms with Crippen LogP contribution in [0.1, 0.15) is 34.9 Å². The Balaban J connectivity index is 1.87. The first kappa shape index (κ1) is 13.4. The molecule has 2 amide bonds. The first-order valence-corrected chi connectivity index (χ1v) is 6.82. The number of benzene rings is 1. The van der Waals surface area contributed by atoms with Crippen LogP contribution in [0.2, 0.25) is 0 Å². The fraction of sp³-hybridized carbons (Fsp3) is 0.357. The molecule has 1 aromatic carbocycles. The molecular formula is C14H16N4O3. The van der Waals surface area contributed by atoms with E-state index in [4.69, 9.17) is 10.8 Å². The Kier molecular flexibility index (Phi) is 3.25. The standard InChI is InChI=1S/C14H16N4O3/c15-12(19)9-2-1-3-10-11(9)17-13(16-10)8-4-6-18(7-5-8)14(20)21/h1-3,8H,4-7H2,(H2,15,19)(H,16,17)(H,20,21). The summed E-state index contributed by atoms with van der Waals surface area (Å²) >= 11 is 0. The number of likely N-dealkylation sites (tertiary alicyclic amines) is 1. The second-order valence-corrected chi connectivity index (χ2v) is 5.23. The van der Waals surface area contributed by atoms with Crippen molar-refractivity contribution in [3.05, 3.63) is 29.6 Å². The number of piperidine rings is 1. The summed E-state index contributed by atoms with van der Waals surface area (Å²) in [5.74, 6) is 0.469. The largest absolute Gasteiger partial charge is 0.465 e. The van der Waals surface area contributed by atoms with E-state index in [1.807, 2.05) is 6.07 Å². The Morgan fingerprint density at radius 3 is 2.67 bits per heavy atom. The van der Waals surface area contributed by atoms with Gasteiger partial charge < -0.3 is 20.7 Å². The lowest BCUT2D eigenvalue weighted by Gasteiger charge is -2.28. The van der Waals surface area contributed by atoms with Gasteiger partial charge in [0.05, 0.1) is 11.1 Å². The fourth-order valence-corrected chi connectivity index (χ4v) is 2.79. The molecule has 1 aliphatic rings. The molecule has 0 unspecified atom stereocenters. The van der Waals surface area contributed by atoms with Crippen LogP contribution in [0.15, 0.2) is 18.2 Å². The first-order chi connectivity index (χ1) is 10.1. The van der Waals surface area contributed by atoms with Gasteiger partial charge in [0, 0.05) is 19.0 Å². The minimum absolute atomic E-state index is 0.175. The average Bonchev–Trinajstić information content (AvgIpc) is 2.90. The van der Waals surface area contributed by atoms with Crippen molar-refractivity contribution in [2.45, 2.75) is 18.8 Å². The number of carbonyl (C=O) groups is 2. The maximum absolute atomic E-state index is 11.4. The number of hydrogen-bond acceptors (Lipinski definition) is 3. The van der Waals surface area contributed by atoms with E-state index in [9.17, 15) is 9.59 Å². The van der Waals surface area contributed by atoms with E-state index in [0.29, 0.717) is 24.2 Å². The van der Waals surface area contributed by atoms with Gasteiger partial charge >= 0.3 is 6.09 Å². The molecule has 1 saturated heterocycles. The molecule has 1 aromatic heterocycles. The molecule has 2 heterocycles. The van der Waals surface area contributed by atoms with Crippen molar-refractivity contribution in [2.24, 2.45) is 5.73 Å². The number of para-hydroxylation sites is 1. The zero-order chi connectivity index (χ0) is 15.0. The number of fused-ring (bicyclic) bond motifs is 1. The molecule has 7 heteroatoms. The zero-order valence-corrected chi connectivity index (χ0v) is 11.4. The minimum Gasteiger partial charge on any atom is -0.465 e. The van der Waals surface area contributed by atoms with Gasteiger partial charge in [-0.05, 0) is 25.0 Å². The van der Waals surface area contributed by atoms with Crippen molar-refractivity contribution in [2.75, 3.05) is 13.1 Å². The summed E-state index contributed by atoms with van der Waals surface area (Å²) in [6.45, 7) is 0.999. The highest BCUT2D eigenvalue weighted by atomic mass is 16.4. The highest BCUT2D eigenvalue weighted by Crippen LogP contribution is 2.28. The number of nitrogens with one attached hydrogen (secondary N) is 1. The summed E-state index contributed by atoms with van der Waals surface area (Å²) in [5, 5.41) is 8.96. The third-order valence-electron chi connectivity index (χ3n) is 3.95. The smallest absolute Gasteiger partial charge is 0.407 e. The predicted molar refractivity (Wildman–Crippen MR) is 76.2 cm³/mol. The third-order valence-corrected chi connectivity index (χ3v) is 3.95. The lowest BCUT2D eigenvalue weighted by Crippen LogP contribution is -2.37. The quantitative estimate of drug-likeness (QED) is 0.777. The highest BCUT2D eigenvalue weighted by molar-refractivity contribution is 6.04. The number of primary amides is 1. The number of nitrogens with zero attached hydrogens (tertiary/aromatic N) is 2. The number of aromatic nitrogens is 2. The second kappa shape index (κ2) is 5.08. The van der Waals surface area contributed by atoms with Crippen LogP contribution in [0.3, 0.4) is 0 Å². The van der Waals surface area contributed by atoms with Crippen LogP contribution in [0.25, 0.3) is 11.0 Å². The number of nitrogens with two attached hydrogens (primary N) is 1. The van der Waals surface area contributed by atoms with E-state index in [0.717, 1.165) is 24.2 Å². The van der Waals surface area contributed by atoms with Gasteiger partial charge in [-0.15, -0.1) is 0 Å². The lowest BCUT2D eigenvalue weighted by molar-refractivity contribution is 0.100. The number of H-pyrrole nitrogens is 1. The summed E-state index contributed by atoms with van der Waals surface area (Å²) in [7, 11) is 0. The molecule has 1 aliphatic heterocycles. The molecule has 21 heavy (non-hydrogen) atoms.